The van der Waals surface area contributed by atoms with Crippen molar-refractivity contribution in [3.05, 3.63) is 12.2 Å². The summed E-state index contributed by atoms with van der Waals surface area (Å²) in [4.78, 5) is 7.95. The van der Waals surface area contributed by atoms with Gasteiger partial charge in [-0.05, 0) is 6.42 Å². The molecule has 0 saturated heterocycles. The van der Waals surface area contributed by atoms with Crippen molar-refractivity contribution < 1.29 is 9.63 Å². The summed E-state index contributed by atoms with van der Waals surface area (Å²) in [5.74, 6) is 1.35. The first-order chi connectivity index (χ1) is 6.90. The third-order valence-corrected chi connectivity index (χ3v) is 1.64. The minimum atomic E-state index is 0.111. The number of rotatable bonds is 4. The topological polar surface area (TPSA) is 101 Å². The number of H-pyrrole nitrogens is 1. The SMILES string of the molecule is OCCCc1nc(-c2ncn[nH]2)no1. The summed E-state index contributed by atoms with van der Waals surface area (Å²) in [6, 6.07) is 0. The van der Waals surface area contributed by atoms with Crippen molar-refractivity contribution in [1.29, 1.82) is 0 Å². The Balaban J connectivity index is 2.10. The van der Waals surface area contributed by atoms with Crippen LogP contribution in [0.15, 0.2) is 10.9 Å². The van der Waals surface area contributed by atoms with Crippen LogP contribution in [0.1, 0.15) is 12.3 Å². The molecule has 0 radical (unpaired) electrons. The molecular formula is C7H9N5O2. The molecule has 0 amide bonds. The Bertz CT molecular complexity index is 382. The second-order valence-corrected chi connectivity index (χ2v) is 2.67. The molecule has 14 heavy (non-hydrogen) atoms. The highest BCUT2D eigenvalue weighted by Crippen LogP contribution is 2.09. The highest BCUT2D eigenvalue weighted by molar-refractivity contribution is 5.39. The van der Waals surface area contributed by atoms with Gasteiger partial charge >= 0.3 is 0 Å². The zero-order chi connectivity index (χ0) is 9.80. The number of nitrogens with one attached hydrogen (secondary N) is 1. The molecule has 0 aliphatic carbocycles. The summed E-state index contributed by atoms with van der Waals surface area (Å²) in [7, 11) is 0. The molecule has 0 bridgehead atoms. The maximum Gasteiger partial charge on any atom is 0.239 e. The smallest absolute Gasteiger partial charge is 0.239 e. The van der Waals surface area contributed by atoms with Crippen molar-refractivity contribution in [2.24, 2.45) is 0 Å². The first-order valence-corrected chi connectivity index (χ1v) is 4.19. The molecule has 74 valence electrons. The molecule has 2 N–H and O–H groups in total. The first kappa shape index (κ1) is 8.82. The Hall–Kier alpha value is -1.76. The van der Waals surface area contributed by atoms with Gasteiger partial charge in [-0.15, -0.1) is 0 Å². The quantitative estimate of drug-likeness (QED) is 0.699. The lowest BCUT2D eigenvalue weighted by atomic mass is 10.3. The highest BCUT2D eigenvalue weighted by atomic mass is 16.5. The van der Waals surface area contributed by atoms with Gasteiger partial charge in [-0.2, -0.15) is 10.1 Å². The molecular weight excluding hydrogens is 186 g/mol. The maximum absolute atomic E-state index is 8.60. The molecule has 0 unspecified atom stereocenters. The Labute approximate surface area is 79.2 Å². The number of aromatic nitrogens is 5. The van der Waals surface area contributed by atoms with Crippen molar-refractivity contribution in [3.63, 3.8) is 0 Å². The minimum Gasteiger partial charge on any atom is -0.396 e. The molecule has 7 nitrogen and oxygen atoms in total. The van der Waals surface area contributed by atoms with Crippen molar-refractivity contribution in [1.82, 2.24) is 25.3 Å². The lowest BCUT2D eigenvalue weighted by Gasteiger charge is -1.87. The average molecular weight is 195 g/mol. The molecule has 0 atom stereocenters. The van der Waals surface area contributed by atoms with Crippen LogP contribution in [-0.4, -0.2) is 37.0 Å². The predicted molar refractivity (Wildman–Crippen MR) is 45.1 cm³/mol. The van der Waals surface area contributed by atoms with Crippen LogP contribution in [-0.2, 0) is 6.42 Å². The van der Waals surface area contributed by atoms with Gasteiger partial charge in [0.1, 0.15) is 6.33 Å². The normalized spacial score (nSPS) is 10.6. The number of aliphatic hydroxyl groups excluding tert-OH is 1. The lowest BCUT2D eigenvalue weighted by molar-refractivity contribution is 0.278. The van der Waals surface area contributed by atoms with Gasteiger partial charge in [-0.1, -0.05) is 5.16 Å². The second kappa shape index (κ2) is 3.97. The van der Waals surface area contributed by atoms with E-state index in [0.717, 1.165) is 0 Å². The maximum atomic E-state index is 8.60. The van der Waals surface area contributed by atoms with Gasteiger partial charge < -0.3 is 9.63 Å². The Morgan fingerprint density at radius 1 is 1.50 bits per heavy atom. The molecule has 0 aromatic carbocycles. The Morgan fingerprint density at radius 2 is 2.43 bits per heavy atom. The summed E-state index contributed by atoms with van der Waals surface area (Å²) in [6.07, 6.45) is 2.55. The van der Waals surface area contributed by atoms with Crippen LogP contribution >= 0.6 is 0 Å². The molecule has 0 aliphatic rings. The summed E-state index contributed by atoms with van der Waals surface area (Å²) in [6.45, 7) is 0.111. The molecule has 0 fully saturated rings. The molecule has 2 heterocycles. The molecule has 0 saturated carbocycles. The summed E-state index contributed by atoms with van der Waals surface area (Å²) in [5, 5.41) is 18.6. The number of nitrogens with zero attached hydrogens (tertiary/aromatic N) is 4. The van der Waals surface area contributed by atoms with Crippen LogP contribution in [0.5, 0.6) is 0 Å². The minimum absolute atomic E-state index is 0.111. The second-order valence-electron chi connectivity index (χ2n) is 2.67. The van der Waals surface area contributed by atoms with Crippen LogP contribution in [0.2, 0.25) is 0 Å². The van der Waals surface area contributed by atoms with E-state index in [1.165, 1.54) is 6.33 Å². The van der Waals surface area contributed by atoms with Gasteiger partial charge in [-0.25, -0.2) is 4.98 Å². The molecule has 0 aliphatic heterocycles. The first-order valence-electron chi connectivity index (χ1n) is 4.19. The molecule has 2 aromatic rings. The average Bonchev–Trinajstić information content (AvgIpc) is 2.85. The molecule has 2 rings (SSSR count). The fraction of sp³-hybridized carbons (Fsp3) is 0.429. The number of aliphatic hydroxyl groups is 1. The van der Waals surface area contributed by atoms with Gasteiger partial charge in [0.2, 0.25) is 11.7 Å². The fourth-order valence-corrected chi connectivity index (χ4v) is 0.996. The number of aryl methyl sites for hydroxylation is 1. The van der Waals surface area contributed by atoms with E-state index in [1.54, 1.807) is 0 Å². The van der Waals surface area contributed by atoms with Crippen molar-refractivity contribution in [3.8, 4) is 11.6 Å². The van der Waals surface area contributed by atoms with Crippen molar-refractivity contribution in [2.75, 3.05) is 6.61 Å². The van der Waals surface area contributed by atoms with Crippen molar-refractivity contribution >= 4 is 0 Å². The highest BCUT2D eigenvalue weighted by Gasteiger charge is 2.09. The third-order valence-electron chi connectivity index (χ3n) is 1.64. The Kier molecular flexibility index (Phi) is 2.50. The lowest BCUT2D eigenvalue weighted by Crippen LogP contribution is -1.89. The van der Waals surface area contributed by atoms with E-state index in [1.807, 2.05) is 0 Å². The Morgan fingerprint density at radius 3 is 3.14 bits per heavy atom. The van der Waals surface area contributed by atoms with Crippen LogP contribution in [0.25, 0.3) is 11.6 Å². The van der Waals surface area contributed by atoms with Gasteiger partial charge in [-0.3, -0.25) is 5.10 Å². The van der Waals surface area contributed by atoms with Crippen LogP contribution in [0, 0.1) is 0 Å². The molecule has 7 heteroatoms. The predicted octanol–water partition coefficient (Wildman–Crippen LogP) is -0.220. The van der Waals surface area contributed by atoms with E-state index in [9.17, 15) is 0 Å². The summed E-state index contributed by atoms with van der Waals surface area (Å²) >= 11 is 0. The van der Waals surface area contributed by atoms with Crippen LogP contribution in [0.4, 0.5) is 0 Å². The number of hydrogen-bond acceptors (Lipinski definition) is 6. The van der Waals surface area contributed by atoms with E-state index < -0.39 is 0 Å². The van der Waals surface area contributed by atoms with E-state index in [2.05, 4.69) is 25.3 Å². The zero-order valence-electron chi connectivity index (χ0n) is 7.34. The van der Waals surface area contributed by atoms with Gasteiger partial charge in [0.15, 0.2) is 5.82 Å². The fourth-order valence-electron chi connectivity index (χ4n) is 0.996. The summed E-state index contributed by atoms with van der Waals surface area (Å²) < 4.78 is 4.93. The van der Waals surface area contributed by atoms with Gasteiger partial charge in [0.05, 0.1) is 0 Å². The standard InChI is InChI=1S/C7H9N5O2/c13-3-1-2-5-10-7(12-14-5)6-8-4-9-11-6/h4,13H,1-3H2,(H,8,9,11). The number of aromatic amines is 1. The molecule has 0 spiro atoms. The zero-order valence-corrected chi connectivity index (χ0v) is 7.34. The van der Waals surface area contributed by atoms with E-state index in [0.29, 0.717) is 30.4 Å². The number of hydrogen-bond donors (Lipinski definition) is 2. The van der Waals surface area contributed by atoms with Crippen LogP contribution in [0.3, 0.4) is 0 Å². The monoisotopic (exact) mass is 195 g/mol. The van der Waals surface area contributed by atoms with E-state index in [4.69, 9.17) is 9.63 Å². The van der Waals surface area contributed by atoms with E-state index >= 15 is 0 Å². The van der Waals surface area contributed by atoms with Gasteiger partial charge in [0, 0.05) is 13.0 Å². The van der Waals surface area contributed by atoms with E-state index in [-0.39, 0.29) is 6.61 Å². The van der Waals surface area contributed by atoms with Crippen LogP contribution < -0.4 is 0 Å². The molecule has 2 aromatic heterocycles. The van der Waals surface area contributed by atoms with Crippen molar-refractivity contribution in [2.45, 2.75) is 12.8 Å². The third kappa shape index (κ3) is 1.77. The largest absolute Gasteiger partial charge is 0.396 e. The van der Waals surface area contributed by atoms with Gasteiger partial charge in [0.25, 0.3) is 0 Å². The summed E-state index contributed by atoms with van der Waals surface area (Å²) in [5.41, 5.74) is 0.